The van der Waals surface area contributed by atoms with Gasteiger partial charge in [0, 0.05) is 30.6 Å². The van der Waals surface area contributed by atoms with E-state index in [0.717, 1.165) is 48.1 Å². The number of benzene rings is 4. The van der Waals surface area contributed by atoms with E-state index >= 15 is 0 Å². The molecule has 0 bridgehead atoms. The van der Waals surface area contributed by atoms with Crippen LogP contribution >= 0.6 is 24.8 Å². The highest BCUT2D eigenvalue weighted by Crippen LogP contribution is 2.37. The summed E-state index contributed by atoms with van der Waals surface area (Å²) in [7, 11) is 0. The zero-order valence-corrected chi connectivity index (χ0v) is 25.2. The van der Waals surface area contributed by atoms with Crippen molar-refractivity contribution >= 4 is 41.6 Å². The third-order valence-electron chi connectivity index (χ3n) is 7.60. The van der Waals surface area contributed by atoms with Crippen LogP contribution in [0.4, 0.5) is 0 Å². The van der Waals surface area contributed by atoms with E-state index in [1.165, 1.54) is 11.1 Å². The second-order valence-electron chi connectivity index (χ2n) is 10.2. The number of nitrogens with one attached hydrogen (secondary N) is 1. The molecule has 216 valence electrons. The zero-order chi connectivity index (χ0) is 27.3. The summed E-state index contributed by atoms with van der Waals surface area (Å²) >= 11 is 0. The van der Waals surface area contributed by atoms with Crippen molar-refractivity contribution in [3.05, 3.63) is 131 Å². The lowest BCUT2D eigenvalue weighted by Gasteiger charge is -2.22. The maximum atomic E-state index is 14.1. The second kappa shape index (κ2) is 14.3. The summed E-state index contributed by atoms with van der Waals surface area (Å²) in [6, 6.07) is 36.4. The number of carbonyl (C=O) groups is 1. The molecule has 0 aliphatic carbocycles. The summed E-state index contributed by atoms with van der Waals surface area (Å²) < 4.78 is 6.57. The van der Waals surface area contributed by atoms with Crippen molar-refractivity contribution in [1.82, 2.24) is 15.2 Å². The van der Waals surface area contributed by atoms with Gasteiger partial charge in [-0.05, 0) is 29.2 Å². The minimum Gasteiger partial charge on any atom is -0.489 e. The molecule has 4 aromatic carbocycles. The summed E-state index contributed by atoms with van der Waals surface area (Å²) in [5.41, 5.74) is 6.71. The van der Waals surface area contributed by atoms with Gasteiger partial charge in [-0.15, -0.1) is 24.8 Å². The zero-order valence-electron chi connectivity index (χ0n) is 23.5. The summed E-state index contributed by atoms with van der Waals surface area (Å²) in [6.07, 6.45) is 0.774. The number of hydrogen-bond donors (Lipinski definition) is 1. The number of halogens is 2. The number of nitrogens with zero attached hydrogens (tertiary/aromatic N) is 2. The van der Waals surface area contributed by atoms with Gasteiger partial charge in [-0.2, -0.15) is 0 Å². The minimum absolute atomic E-state index is 0. The molecule has 1 aromatic heterocycles. The number of amides is 1. The van der Waals surface area contributed by atoms with Crippen LogP contribution in [0.3, 0.4) is 0 Å². The first kappa shape index (κ1) is 31.0. The topological polar surface area (TPSA) is 54.5 Å². The van der Waals surface area contributed by atoms with Gasteiger partial charge < -0.3 is 10.1 Å². The fourth-order valence-electron chi connectivity index (χ4n) is 5.53. The molecule has 2 heterocycles. The van der Waals surface area contributed by atoms with Crippen LogP contribution in [0.2, 0.25) is 0 Å². The van der Waals surface area contributed by atoms with Crippen LogP contribution in [-0.2, 0) is 13.1 Å². The van der Waals surface area contributed by atoms with Gasteiger partial charge in [0.25, 0.3) is 5.91 Å². The first-order valence-corrected chi connectivity index (χ1v) is 14.0. The third-order valence-corrected chi connectivity index (χ3v) is 7.60. The fraction of sp³-hybridized carbons (Fsp3) is 0.200. The molecular weight excluding hydrogens is 565 g/mol. The van der Waals surface area contributed by atoms with E-state index in [9.17, 15) is 4.79 Å². The summed E-state index contributed by atoms with van der Waals surface area (Å²) in [5, 5.41) is 4.08. The van der Waals surface area contributed by atoms with E-state index < -0.39 is 0 Å². The second-order valence-corrected chi connectivity index (χ2v) is 10.2. The molecular formula is C35H35Cl2N3O2. The Morgan fingerprint density at radius 3 is 2.10 bits per heavy atom. The maximum absolute atomic E-state index is 14.1. The van der Waals surface area contributed by atoms with Gasteiger partial charge in [-0.3, -0.25) is 9.69 Å². The molecule has 6 rings (SSSR count). The number of carbonyl (C=O) groups excluding carboxylic acids is 1. The van der Waals surface area contributed by atoms with Crippen LogP contribution < -0.4 is 10.1 Å². The number of rotatable bonds is 9. The Morgan fingerprint density at radius 1 is 0.833 bits per heavy atom. The van der Waals surface area contributed by atoms with Crippen LogP contribution in [-0.4, -0.2) is 28.9 Å². The van der Waals surface area contributed by atoms with Gasteiger partial charge in [-0.1, -0.05) is 110 Å². The highest BCUT2D eigenvalue weighted by molar-refractivity contribution is 6.10. The molecule has 1 atom stereocenters. The van der Waals surface area contributed by atoms with Crippen molar-refractivity contribution in [2.45, 2.75) is 32.5 Å². The smallest absolute Gasteiger partial charge is 0.256 e. The van der Waals surface area contributed by atoms with Gasteiger partial charge in [0.2, 0.25) is 0 Å². The maximum Gasteiger partial charge on any atom is 0.256 e. The monoisotopic (exact) mass is 599 g/mol. The lowest BCUT2D eigenvalue weighted by atomic mass is 10.00. The van der Waals surface area contributed by atoms with Crippen molar-refractivity contribution in [3.63, 3.8) is 0 Å². The van der Waals surface area contributed by atoms with Gasteiger partial charge in [0.1, 0.15) is 12.3 Å². The van der Waals surface area contributed by atoms with Crippen LogP contribution in [0.5, 0.6) is 5.75 Å². The van der Waals surface area contributed by atoms with Crippen molar-refractivity contribution in [3.8, 4) is 17.0 Å². The Kier molecular flexibility index (Phi) is 10.6. The number of aromatic nitrogens is 1. The lowest BCUT2D eigenvalue weighted by molar-refractivity contribution is 0.0932. The molecule has 0 saturated heterocycles. The fourth-order valence-corrected chi connectivity index (χ4v) is 5.53. The minimum atomic E-state index is -0.157. The van der Waals surface area contributed by atoms with Crippen molar-refractivity contribution in [2.24, 2.45) is 0 Å². The van der Waals surface area contributed by atoms with Crippen molar-refractivity contribution in [2.75, 3.05) is 13.2 Å². The average Bonchev–Trinajstić information content (AvgIpc) is 3.43. The first-order chi connectivity index (χ1) is 19.7. The van der Waals surface area contributed by atoms with Gasteiger partial charge in [0.15, 0.2) is 5.75 Å². The van der Waals surface area contributed by atoms with Crippen molar-refractivity contribution in [1.29, 1.82) is 0 Å². The predicted octanol–water partition coefficient (Wildman–Crippen LogP) is 8.02. The molecule has 5 aromatic rings. The summed E-state index contributed by atoms with van der Waals surface area (Å²) in [5.74, 6) is 0.372. The Bertz CT molecular complexity index is 1610. The molecule has 0 fully saturated rings. The lowest BCUT2D eigenvalue weighted by Crippen LogP contribution is -2.29. The number of para-hydroxylation sites is 1. The number of ether oxygens (including phenoxy) is 1. The van der Waals surface area contributed by atoms with Crippen LogP contribution in [0.1, 0.15) is 46.4 Å². The van der Waals surface area contributed by atoms with Gasteiger partial charge >= 0.3 is 0 Å². The van der Waals surface area contributed by atoms with Gasteiger partial charge in [0.05, 0.1) is 17.1 Å². The van der Waals surface area contributed by atoms with E-state index in [2.05, 4.69) is 53.5 Å². The Hall–Kier alpha value is -3.90. The molecule has 0 saturated carbocycles. The Balaban J connectivity index is 0.00000202. The molecule has 0 radical (unpaired) electrons. The molecule has 1 N–H and O–H groups in total. The number of pyridine rings is 1. The molecule has 42 heavy (non-hydrogen) atoms. The Morgan fingerprint density at radius 2 is 1.43 bits per heavy atom. The standard InChI is InChI=1S/C35H33N3O2.2ClH/c1-2-30(25-13-5-3-6-14-25)37-35(39)32-29-19-11-12-20-31(29)36-33(26-15-7-4-8-16-26)34(32)40-22-21-38-23-27-17-9-10-18-28(27)24-38;;/h3-20,30H,2,21-24H2,1H3,(H,37,39);2*1H/t30-;;/m0../s1. The third kappa shape index (κ3) is 6.60. The molecule has 1 aliphatic rings. The quantitative estimate of drug-likeness (QED) is 0.186. The predicted molar refractivity (Wildman–Crippen MR) is 175 cm³/mol. The number of hydrogen-bond acceptors (Lipinski definition) is 4. The van der Waals surface area contributed by atoms with E-state index in [-0.39, 0.29) is 36.8 Å². The molecule has 0 unspecified atom stereocenters. The van der Waals surface area contributed by atoms with E-state index in [1.807, 2.05) is 72.8 Å². The molecule has 7 heteroatoms. The normalized spacial score (nSPS) is 13.0. The van der Waals surface area contributed by atoms with E-state index in [0.29, 0.717) is 23.6 Å². The van der Waals surface area contributed by atoms with Gasteiger partial charge in [-0.25, -0.2) is 4.98 Å². The van der Waals surface area contributed by atoms with Crippen molar-refractivity contribution < 1.29 is 9.53 Å². The average molecular weight is 601 g/mol. The highest BCUT2D eigenvalue weighted by Gasteiger charge is 2.26. The first-order valence-electron chi connectivity index (χ1n) is 14.0. The summed E-state index contributed by atoms with van der Waals surface area (Å²) in [4.78, 5) is 21.5. The van der Waals surface area contributed by atoms with E-state index in [1.54, 1.807) is 0 Å². The number of fused-ring (bicyclic) bond motifs is 2. The Labute approximate surface area is 259 Å². The van der Waals surface area contributed by atoms with E-state index in [4.69, 9.17) is 9.72 Å². The summed E-state index contributed by atoms with van der Waals surface area (Å²) in [6.45, 7) is 5.10. The van der Waals surface area contributed by atoms with Crippen LogP contribution in [0.15, 0.2) is 109 Å². The molecule has 1 amide bonds. The van der Waals surface area contributed by atoms with Crippen LogP contribution in [0, 0.1) is 0 Å². The highest BCUT2D eigenvalue weighted by atomic mass is 35.5. The molecule has 1 aliphatic heterocycles. The molecule has 0 spiro atoms. The van der Waals surface area contributed by atoms with Crippen LogP contribution in [0.25, 0.3) is 22.2 Å². The largest absolute Gasteiger partial charge is 0.489 e. The molecule has 5 nitrogen and oxygen atoms in total. The SMILES string of the molecule is CC[C@H](NC(=O)c1c(OCCN2Cc3ccccc3C2)c(-c2ccccc2)nc2ccccc12)c1ccccc1.Cl.Cl.